The zero-order valence-corrected chi connectivity index (χ0v) is 8.60. The van der Waals surface area contributed by atoms with Gasteiger partial charge in [0.25, 0.3) is 0 Å². The summed E-state index contributed by atoms with van der Waals surface area (Å²) in [6, 6.07) is 0. The predicted molar refractivity (Wildman–Crippen MR) is 51.7 cm³/mol. The normalized spacial score (nSPS) is 12.2. The molecule has 0 saturated carbocycles. The zero-order valence-electron chi connectivity index (χ0n) is 8.60. The van der Waals surface area contributed by atoms with Crippen LogP contribution in [0.1, 0.15) is 12.8 Å². The van der Waals surface area contributed by atoms with Crippen molar-refractivity contribution in [2.75, 3.05) is 14.2 Å². The highest BCUT2D eigenvalue weighted by molar-refractivity contribution is 5.79. The number of aliphatic hydroxyl groups is 1. The number of carbonyl (C=O) groups excluding carboxylic acids is 2. The molecule has 1 unspecified atom stereocenters. The highest BCUT2D eigenvalue weighted by Gasteiger charge is 2.06. The molecular formula is C8H14N2O5. The van der Waals surface area contributed by atoms with Gasteiger partial charge < -0.3 is 14.6 Å². The average molecular weight is 218 g/mol. The van der Waals surface area contributed by atoms with Crippen LogP contribution in [-0.4, -0.2) is 44.0 Å². The average Bonchev–Trinajstić information content (AvgIpc) is 2.23. The Morgan fingerprint density at radius 2 is 2.13 bits per heavy atom. The molecule has 0 spiro atoms. The fraction of sp³-hybridized carbons (Fsp3) is 0.625. The molecule has 0 aliphatic carbocycles. The lowest BCUT2D eigenvalue weighted by molar-refractivity contribution is 0.107. The van der Waals surface area contributed by atoms with Gasteiger partial charge in [-0.25, -0.2) is 9.59 Å². The van der Waals surface area contributed by atoms with E-state index in [1.54, 1.807) is 0 Å². The Labute approximate surface area is 87.1 Å². The van der Waals surface area contributed by atoms with Crippen LogP contribution < -0.4 is 5.32 Å². The lowest BCUT2D eigenvalue weighted by Crippen LogP contribution is -2.34. The number of amides is 2. The Morgan fingerprint density at radius 1 is 1.47 bits per heavy atom. The first-order valence-electron chi connectivity index (χ1n) is 4.23. The third-order valence-corrected chi connectivity index (χ3v) is 1.41. The van der Waals surface area contributed by atoms with Gasteiger partial charge in [-0.05, 0) is 12.8 Å². The molecule has 0 aromatic heterocycles. The van der Waals surface area contributed by atoms with Crippen LogP contribution in [0, 0.1) is 0 Å². The van der Waals surface area contributed by atoms with Crippen molar-refractivity contribution in [1.82, 2.24) is 5.32 Å². The van der Waals surface area contributed by atoms with Gasteiger partial charge in [-0.1, -0.05) is 0 Å². The SMILES string of the molecule is COC(=O)/N=C/CCC(O)NC(=O)OC. The van der Waals surface area contributed by atoms with E-state index >= 15 is 0 Å². The molecule has 0 bridgehead atoms. The first-order valence-corrected chi connectivity index (χ1v) is 4.23. The Kier molecular flexibility index (Phi) is 6.90. The number of hydrogen-bond donors (Lipinski definition) is 2. The van der Waals surface area contributed by atoms with Gasteiger partial charge in [0, 0.05) is 6.21 Å². The monoisotopic (exact) mass is 218 g/mol. The van der Waals surface area contributed by atoms with Crippen LogP contribution in [0.5, 0.6) is 0 Å². The van der Waals surface area contributed by atoms with Crippen molar-refractivity contribution >= 4 is 18.4 Å². The molecule has 15 heavy (non-hydrogen) atoms. The Balaban J connectivity index is 3.63. The quantitative estimate of drug-likeness (QED) is 0.521. The number of methoxy groups -OCH3 is 2. The predicted octanol–water partition coefficient (Wildman–Crippen LogP) is 0.278. The van der Waals surface area contributed by atoms with Gasteiger partial charge in [-0.2, -0.15) is 4.99 Å². The summed E-state index contributed by atoms with van der Waals surface area (Å²) in [7, 11) is 2.41. The van der Waals surface area contributed by atoms with E-state index in [4.69, 9.17) is 0 Å². The summed E-state index contributed by atoms with van der Waals surface area (Å²) in [6.45, 7) is 0. The Bertz CT molecular complexity index is 241. The van der Waals surface area contributed by atoms with Gasteiger partial charge >= 0.3 is 12.2 Å². The highest BCUT2D eigenvalue weighted by atomic mass is 16.5. The molecular weight excluding hydrogens is 204 g/mol. The van der Waals surface area contributed by atoms with Crippen LogP contribution >= 0.6 is 0 Å². The number of nitrogens with zero attached hydrogens (tertiary/aromatic N) is 1. The number of aliphatic imine (C=N–C) groups is 1. The van der Waals surface area contributed by atoms with E-state index in [0.717, 1.165) is 0 Å². The molecule has 0 fully saturated rings. The fourth-order valence-electron chi connectivity index (χ4n) is 0.691. The molecule has 0 aliphatic heterocycles. The maximum absolute atomic E-state index is 10.6. The summed E-state index contributed by atoms with van der Waals surface area (Å²) in [5, 5.41) is 11.3. The van der Waals surface area contributed by atoms with E-state index in [2.05, 4.69) is 19.8 Å². The number of alkyl carbamates (subject to hydrolysis) is 1. The number of carbonyl (C=O) groups is 2. The van der Waals surface area contributed by atoms with Crippen molar-refractivity contribution in [3.8, 4) is 0 Å². The summed E-state index contributed by atoms with van der Waals surface area (Å²) >= 11 is 0. The Morgan fingerprint density at radius 3 is 2.67 bits per heavy atom. The molecule has 86 valence electrons. The molecule has 0 aliphatic rings. The smallest absolute Gasteiger partial charge is 0.432 e. The van der Waals surface area contributed by atoms with Crippen molar-refractivity contribution in [2.24, 2.45) is 4.99 Å². The van der Waals surface area contributed by atoms with Crippen molar-refractivity contribution in [3.63, 3.8) is 0 Å². The topological polar surface area (TPSA) is 97.2 Å². The molecule has 0 radical (unpaired) electrons. The van der Waals surface area contributed by atoms with Crippen LogP contribution in [-0.2, 0) is 9.47 Å². The first kappa shape index (κ1) is 13.4. The van der Waals surface area contributed by atoms with E-state index in [0.29, 0.717) is 6.42 Å². The summed E-state index contributed by atoms with van der Waals surface area (Å²) in [6.07, 6.45) is -0.580. The van der Waals surface area contributed by atoms with Gasteiger partial charge in [-0.15, -0.1) is 0 Å². The number of ether oxygens (including phenoxy) is 2. The number of hydrogen-bond acceptors (Lipinski definition) is 5. The molecule has 7 heteroatoms. The molecule has 0 rings (SSSR count). The van der Waals surface area contributed by atoms with Crippen molar-refractivity contribution < 1.29 is 24.2 Å². The molecule has 2 N–H and O–H groups in total. The molecule has 2 amide bonds. The lowest BCUT2D eigenvalue weighted by Gasteiger charge is -2.09. The van der Waals surface area contributed by atoms with Crippen molar-refractivity contribution in [1.29, 1.82) is 0 Å². The standard InChI is InChI=1S/C8H14N2O5/c1-14-7(12)9-5-3-4-6(11)10-8(13)15-2/h5-6,11H,3-4H2,1-2H3,(H,10,13)/b9-5+. The van der Waals surface area contributed by atoms with E-state index in [1.807, 2.05) is 0 Å². The van der Waals surface area contributed by atoms with Gasteiger partial charge in [0.1, 0.15) is 6.23 Å². The fourth-order valence-corrected chi connectivity index (χ4v) is 0.691. The maximum Gasteiger partial charge on any atom is 0.432 e. The largest absolute Gasteiger partial charge is 0.453 e. The molecule has 7 nitrogen and oxygen atoms in total. The lowest BCUT2D eigenvalue weighted by atomic mass is 10.3. The molecule has 1 atom stereocenters. The second kappa shape index (κ2) is 7.74. The second-order valence-electron chi connectivity index (χ2n) is 2.51. The minimum absolute atomic E-state index is 0.232. The Hall–Kier alpha value is -1.63. The van der Waals surface area contributed by atoms with Crippen LogP contribution in [0.4, 0.5) is 9.59 Å². The van der Waals surface area contributed by atoms with E-state index in [1.165, 1.54) is 20.4 Å². The molecule has 0 saturated heterocycles. The second-order valence-corrected chi connectivity index (χ2v) is 2.51. The molecule has 0 aromatic carbocycles. The minimum Gasteiger partial charge on any atom is -0.453 e. The zero-order chi connectivity index (χ0) is 11.7. The minimum atomic E-state index is -1.03. The first-order chi connectivity index (χ1) is 7.10. The maximum atomic E-state index is 10.6. The van der Waals surface area contributed by atoms with Gasteiger partial charge in [0.2, 0.25) is 0 Å². The van der Waals surface area contributed by atoms with Crippen molar-refractivity contribution in [2.45, 2.75) is 19.1 Å². The highest BCUT2D eigenvalue weighted by Crippen LogP contribution is 1.92. The van der Waals surface area contributed by atoms with E-state index < -0.39 is 18.4 Å². The summed E-state index contributed by atoms with van der Waals surface area (Å²) in [5.41, 5.74) is 0. The van der Waals surface area contributed by atoms with Crippen LogP contribution in [0.25, 0.3) is 0 Å². The van der Waals surface area contributed by atoms with Gasteiger partial charge in [0.15, 0.2) is 0 Å². The number of aliphatic hydroxyl groups excluding tert-OH is 1. The van der Waals surface area contributed by atoms with E-state index in [9.17, 15) is 14.7 Å². The summed E-state index contributed by atoms with van der Waals surface area (Å²) in [5.74, 6) is 0. The van der Waals surface area contributed by atoms with Crippen LogP contribution in [0.15, 0.2) is 4.99 Å². The summed E-state index contributed by atoms with van der Waals surface area (Å²) in [4.78, 5) is 24.5. The van der Waals surface area contributed by atoms with Crippen LogP contribution in [0.3, 0.4) is 0 Å². The van der Waals surface area contributed by atoms with E-state index in [-0.39, 0.29) is 6.42 Å². The van der Waals surface area contributed by atoms with Gasteiger partial charge in [0.05, 0.1) is 14.2 Å². The molecule has 0 aromatic rings. The molecule has 0 heterocycles. The van der Waals surface area contributed by atoms with Crippen LogP contribution in [0.2, 0.25) is 0 Å². The number of nitrogens with one attached hydrogen (secondary N) is 1. The van der Waals surface area contributed by atoms with Crippen molar-refractivity contribution in [3.05, 3.63) is 0 Å². The summed E-state index contributed by atoms with van der Waals surface area (Å²) < 4.78 is 8.52. The third-order valence-electron chi connectivity index (χ3n) is 1.41. The number of rotatable bonds is 4. The van der Waals surface area contributed by atoms with Gasteiger partial charge in [-0.3, -0.25) is 5.32 Å². The third kappa shape index (κ3) is 7.44.